The van der Waals surface area contributed by atoms with E-state index < -0.39 is 11.6 Å². The Morgan fingerprint density at radius 3 is 2.75 bits per heavy atom. The molecule has 1 aliphatic heterocycles. The standard InChI is InChI=1S/C26H20F2N6OS/c27-17-12-16(13-29-14-17)23-32-24(22-25(33-23)34-9-10-36-26(34)31-22)30-8-7-15-5-6-21(35)19(11-15)18-3-1-2-4-20(18)28/h1-6,11-14,35H,7-10H2,(H,30,32,33). The Balaban J connectivity index is 1.30. The highest BCUT2D eigenvalue weighted by Gasteiger charge is 2.22. The number of phenols is 1. The van der Waals surface area contributed by atoms with Crippen LogP contribution in [0.4, 0.5) is 14.6 Å². The molecule has 7 nitrogen and oxygen atoms in total. The van der Waals surface area contributed by atoms with Gasteiger partial charge in [0.2, 0.25) is 0 Å². The fraction of sp³-hybridized carbons (Fsp3) is 0.154. The van der Waals surface area contributed by atoms with Crippen LogP contribution in [0.5, 0.6) is 5.75 Å². The summed E-state index contributed by atoms with van der Waals surface area (Å²) in [6, 6.07) is 12.9. The first-order chi connectivity index (χ1) is 17.6. The molecule has 180 valence electrons. The maximum absolute atomic E-state index is 14.3. The maximum Gasteiger partial charge on any atom is 0.170 e. The molecule has 10 heteroatoms. The number of hydrogen-bond donors (Lipinski definition) is 2. The van der Waals surface area contributed by atoms with Crippen LogP contribution in [0.3, 0.4) is 0 Å². The topological polar surface area (TPSA) is 88.8 Å². The van der Waals surface area contributed by atoms with E-state index in [0.717, 1.165) is 29.2 Å². The molecule has 5 aromatic rings. The number of fused-ring (bicyclic) bond motifs is 3. The average Bonchev–Trinajstić information content (AvgIpc) is 3.48. The number of rotatable bonds is 6. The lowest BCUT2D eigenvalue weighted by Gasteiger charge is -2.11. The van der Waals surface area contributed by atoms with Crippen molar-refractivity contribution < 1.29 is 13.9 Å². The van der Waals surface area contributed by atoms with E-state index in [0.29, 0.717) is 52.5 Å². The van der Waals surface area contributed by atoms with Gasteiger partial charge in [0, 0.05) is 41.7 Å². The molecule has 4 heterocycles. The van der Waals surface area contributed by atoms with Crippen LogP contribution in [0, 0.1) is 11.6 Å². The van der Waals surface area contributed by atoms with E-state index in [2.05, 4.69) is 20.3 Å². The Kier molecular flexibility index (Phi) is 5.73. The van der Waals surface area contributed by atoms with Gasteiger partial charge in [0.05, 0.1) is 6.20 Å². The maximum atomic E-state index is 14.3. The zero-order valence-corrected chi connectivity index (χ0v) is 19.8. The summed E-state index contributed by atoms with van der Waals surface area (Å²) in [5.41, 5.74) is 3.54. The van der Waals surface area contributed by atoms with Crippen molar-refractivity contribution in [3.8, 4) is 28.3 Å². The number of anilines is 1. The lowest BCUT2D eigenvalue weighted by molar-refractivity contribution is 0.476. The zero-order valence-electron chi connectivity index (χ0n) is 18.9. The van der Waals surface area contributed by atoms with Crippen molar-refractivity contribution in [1.82, 2.24) is 24.5 Å². The van der Waals surface area contributed by atoms with Crippen molar-refractivity contribution in [2.45, 2.75) is 18.1 Å². The Labute approximate surface area is 209 Å². The molecule has 6 rings (SSSR count). The van der Waals surface area contributed by atoms with Gasteiger partial charge in [0.15, 0.2) is 28.0 Å². The zero-order chi connectivity index (χ0) is 24.6. The molecule has 0 spiro atoms. The van der Waals surface area contributed by atoms with E-state index in [9.17, 15) is 13.9 Å². The van der Waals surface area contributed by atoms with Crippen molar-refractivity contribution in [2.75, 3.05) is 17.6 Å². The molecule has 1 aliphatic rings. The predicted molar refractivity (Wildman–Crippen MR) is 135 cm³/mol. The predicted octanol–water partition coefficient (Wildman–Crippen LogP) is 5.30. The van der Waals surface area contributed by atoms with Crippen LogP contribution in [0.15, 0.2) is 66.1 Å². The van der Waals surface area contributed by atoms with Crippen LogP contribution in [-0.4, -0.2) is 41.9 Å². The number of halogens is 2. The first-order valence-corrected chi connectivity index (χ1v) is 12.4. The van der Waals surface area contributed by atoms with Gasteiger partial charge in [-0.2, -0.15) is 0 Å². The number of aromatic nitrogens is 5. The lowest BCUT2D eigenvalue weighted by atomic mass is 10.00. The normalized spacial score (nSPS) is 12.7. The highest BCUT2D eigenvalue weighted by atomic mass is 32.2. The van der Waals surface area contributed by atoms with Gasteiger partial charge in [-0.25, -0.2) is 23.7 Å². The van der Waals surface area contributed by atoms with Gasteiger partial charge in [-0.05, 0) is 36.2 Å². The highest BCUT2D eigenvalue weighted by Crippen LogP contribution is 2.34. The van der Waals surface area contributed by atoms with Crippen LogP contribution in [-0.2, 0) is 13.0 Å². The number of nitrogens with one attached hydrogen (secondary N) is 1. The van der Waals surface area contributed by atoms with Crippen molar-refractivity contribution in [1.29, 1.82) is 0 Å². The van der Waals surface area contributed by atoms with Crippen molar-refractivity contribution in [2.24, 2.45) is 0 Å². The summed E-state index contributed by atoms with van der Waals surface area (Å²) >= 11 is 1.66. The van der Waals surface area contributed by atoms with Gasteiger partial charge in [-0.1, -0.05) is 36.0 Å². The van der Waals surface area contributed by atoms with Crippen molar-refractivity contribution in [3.05, 3.63) is 78.1 Å². The first-order valence-electron chi connectivity index (χ1n) is 11.4. The molecule has 0 unspecified atom stereocenters. The minimum atomic E-state index is -0.460. The summed E-state index contributed by atoms with van der Waals surface area (Å²) in [6.07, 6.45) is 3.26. The van der Waals surface area contributed by atoms with Gasteiger partial charge in [0.25, 0.3) is 0 Å². The number of pyridine rings is 1. The second-order valence-corrected chi connectivity index (χ2v) is 9.42. The Bertz CT molecular complexity index is 1610. The second-order valence-electron chi connectivity index (χ2n) is 8.36. The van der Waals surface area contributed by atoms with E-state index in [-0.39, 0.29) is 5.75 Å². The van der Waals surface area contributed by atoms with Gasteiger partial charge in [-0.15, -0.1) is 0 Å². The minimum absolute atomic E-state index is 0.0210. The molecule has 0 saturated heterocycles. The van der Waals surface area contributed by atoms with E-state index in [4.69, 9.17) is 4.98 Å². The van der Waals surface area contributed by atoms with E-state index >= 15 is 0 Å². The number of thioether (sulfide) groups is 1. The molecular weight excluding hydrogens is 482 g/mol. The molecule has 0 bridgehead atoms. The Morgan fingerprint density at radius 2 is 1.89 bits per heavy atom. The third-order valence-electron chi connectivity index (χ3n) is 6.00. The van der Waals surface area contributed by atoms with E-state index in [1.54, 1.807) is 42.1 Å². The monoisotopic (exact) mass is 502 g/mol. The summed E-state index contributed by atoms with van der Waals surface area (Å²) in [7, 11) is 0. The molecule has 2 aromatic carbocycles. The van der Waals surface area contributed by atoms with Gasteiger partial charge in [-0.3, -0.25) is 4.98 Å². The molecular formula is C26H20F2N6OS. The summed E-state index contributed by atoms with van der Waals surface area (Å²) in [6.45, 7) is 1.30. The summed E-state index contributed by atoms with van der Waals surface area (Å²) in [5, 5.41) is 14.5. The molecule has 36 heavy (non-hydrogen) atoms. The number of phenolic OH excluding ortho intramolecular Hbond substituents is 1. The SMILES string of the molecule is Oc1ccc(CCNc2nc(-c3cncc(F)c3)nc3c2nc2n3CCS2)cc1-c1ccccc1F. The first kappa shape index (κ1) is 22.4. The van der Waals surface area contributed by atoms with E-state index in [1.807, 2.05) is 10.6 Å². The number of imidazole rings is 1. The molecule has 0 atom stereocenters. The van der Waals surface area contributed by atoms with Crippen molar-refractivity contribution in [3.63, 3.8) is 0 Å². The molecule has 0 radical (unpaired) electrons. The third kappa shape index (κ3) is 4.13. The fourth-order valence-electron chi connectivity index (χ4n) is 4.27. The number of aromatic hydroxyl groups is 1. The number of hydrogen-bond acceptors (Lipinski definition) is 7. The highest BCUT2D eigenvalue weighted by molar-refractivity contribution is 7.99. The molecule has 0 fully saturated rings. The lowest BCUT2D eigenvalue weighted by Crippen LogP contribution is -2.09. The van der Waals surface area contributed by atoms with Gasteiger partial charge in [0.1, 0.15) is 17.4 Å². The van der Waals surface area contributed by atoms with Gasteiger partial charge >= 0.3 is 0 Å². The minimum Gasteiger partial charge on any atom is -0.507 e. The summed E-state index contributed by atoms with van der Waals surface area (Å²) < 4.78 is 30.2. The molecule has 0 aliphatic carbocycles. The summed E-state index contributed by atoms with van der Waals surface area (Å²) in [5.74, 6) is 1.01. The number of nitrogens with zero attached hydrogens (tertiary/aromatic N) is 5. The third-order valence-corrected chi connectivity index (χ3v) is 6.96. The average molecular weight is 503 g/mol. The molecule has 3 aromatic heterocycles. The second kappa shape index (κ2) is 9.19. The quantitative estimate of drug-likeness (QED) is 0.326. The molecule has 0 amide bonds. The van der Waals surface area contributed by atoms with Crippen LogP contribution in [0.25, 0.3) is 33.7 Å². The van der Waals surface area contributed by atoms with Crippen LogP contribution in [0.1, 0.15) is 5.56 Å². The fourth-order valence-corrected chi connectivity index (χ4v) is 5.21. The van der Waals surface area contributed by atoms with E-state index in [1.165, 1.54) is 18.3 Å². The Morgan fingerprint density at radius 1 is 1.00 bits per heavy atom. The molecule has 2 N–H and O–H groups in total. The van der Waals surface area contributed by atoms with Crippen LogP contribution >= 0.6 is 11.8 Å². The Hall–Kier alpha value is -4.05. The largest absolute Gasteiger partial charge is 0.507 e. The van der Waals surface area contributed by atoms with Crippen LogP contribution in [0.2, 0.25) is 0 Å². The smallest absolute Gasteiger partial charge is 0.170 e. The van der Waals surface area contributed by atoms with Crippen LogP contribution < -0.4 is 5.32 Å². The van der Waals surface area contributed by atoms with Crippen molar-refractivity contribution >= 4 is 28.7 Å². The number of aryl methyl sites for hydroxylation is 1. The number of benzene rings is 2. The molecule has 0 saturated carbocycles. The summed E-state index contributed by atoms with van der Waals surface area (Å²) in [4.78, 5) is 18.0. The van der Waals surface area contributed by atoms with Gasteiger partial charge < -0.3 is 15.0 Å².